The summed E-state index contributed by atoms with van der Waals surface area (Å²) in [5.41, 5.74) is 10.4. The molecule has 12 rings (SSSR count). The number of para-hydroxylation sites is 2. The van der Waals surface area contributed by atoms with E-state index < -0.39 is 0 Å². The molecule has 0 N–H and O–H groups in total. The number of furan rings is 1. The van der Waals surface area contributed by atoms with Crippen molar-refractivity contribution in [3.63, 3.8) is 0 Å². The van der Waals surface area contributed by atoms with Crippen molar-refractivity contribution in [2.24, 2.45) is 0 Å². The van der Waals surface area contributed by atoms with Crippen molar-refractivity contribution < 1.29 is 4.42 Å². The largest absolute Gasteiger partial charge is 0.456 e. The molecule has 0 aliphatic carbocycles. The molecule has 0 aliphatic rings. The van der Waals surface area contributed by atoms with Crippen molar-refractivity contribution >= 4 is 75.3 Å². The lowest BCUT2D eigenvalue weighted by Gasteiger charge is -2.10. The van der Waals surface area contributed by atoms with E-state index in [9.17, 15) is 0 Å². The molecule has 0 aliphatic heterocycles. The van der Waals surface area contributed by atoms with Crippen LogP contribution in [0.1, 0.15) is 0 Å². The highest BCUT2D eigenvalue weighted by Gasteiger charge is 2.19. The minimum atomic E-state index is 0.656. The monoisotopic (exact) mass is 746 g/mol. The number of hydrogen-bond donors (Lipinski definition) is 0. The minimum absolute atomic E-state index is 0.656. The zero-order valence-electron chi connectivity index (χ0n) is 30.4. The molecule has 6 heteroatoms. The van der Waals surface area contributed by atoms with E-state index in [0.29, 0.717) is 17.5 Å². The van der Waals surface area contributed by atoms with Crippen LogP contribution < -0.4 is 0 Å². The van der Waals surface area contributed by atoms with E-state index in [0.717, 1.165) is 55.4 Å². The quantitative estimate of drug-likeness (QED) is 0.176. The Hall–Kier alpha value is -7.41. The fraction of sp³-hybridized carbons (Fsp3) is 0. The van der Waals surface area contributed by atoms with Crippen LogP contribution in [0.15, 0.2) is 186 Å². The molecule has 5 nitrogen and oxygen atoms in total. The van der Waals surface area contributed by atoms with E-state index >= 15 is 0 Å². The van der Waals surface area contributed by atoms with Gasteiger partial charge in [-0.1, -0.05) is 127 Å². The van der Waals surface area contributed by atoms with Crippen LogP contribution in [0.4, 0.5) is 0 Å². The number of aromatic nitrogens is 4. The third kappa shape index (κ3) is 5.12. The predicted octanol–water partition coefficient (Wildman–Crippen LogP) is 13.9. The first-order valence-electron chi connectivity index (χ1n) is 19.0. The van der Waals surface area contributed by atoms with Gasteiger partial charge in [0, 0.05) is 53.0 Å². The molecule has 4 heterocycles. The average molecular weight is 747 g/mol. The maximum Gasteiger partial charge on any atom is 0.164 e. The van der Waals surface area contributed by atoms with Gasteiger partial charge in [-0.25, -0.2) is 15.0 Å². The van der Waals surface area contributed by atoms with Gasteiger partial charge in [0.05, 0.1) is 22.1 Å². The van der Waals surface area contributed by atoms with E-state index in [1.165, 1.54) is 42.0 Å². The molecule has 0 radical (unpaired) electrons. The summed E-state index contributed by atoms with van der Waals surface area (Å²) in [6.07, 6.45) is 0. The summed E-state index contributed by atoms with van der Waals surface area (Å²) in [6, 6.07) is 63.9. The van der Waals surface area contributed by atoms with Crippen LogP contribution in [0.3, 0.4) is 0 Å². The second-order valence-electron chi connectivity index (χ2n) is 14.4. The summed E-state index contributed by atoms with van der Waals surface area (Å²) >= 11 is 1.79. The highest BCUT2D eigenvalue weighted by molar-refractivity contribution is 7.25. The molecule has 0 saturated heterocycles. The third-order valence-corrected chi connectivity index (χ3v) is 12.2. The Labute approximate surface area is 330 Å². The summed E-state index contributed by atoms with van der Waals surface area (Å²) in [7, 11) is 0. The first-order chi connectivity index (χ1) is 28.2. The van der Waals surface area contributed by atoms with Crippen LogP contribution in [-0.4, -0.2) is 19.5 Å². The number of fused-ring (bicyclic) bond motifs is 9. The van der Waals surface area contributed by atoms with Gasteiger partial charge < -0.3 is 8.98 Å². The Kier molecular flexibility index (Phi) is 7.03. The summed E-state index contributed by atoms with van der Waals surface area (Å²) in [4.78, 5) is 14.8. The predicted molar refractivity (Wildman–Crippen MR) is 236 cm³/mol. The van der Waals surface area contributed by atoms with Crippen LogP contribution in [0.2, 0.25) is 0 Å². The van der Waals surface area contributed by atoms with Gasteiger partial charge in [-0.15, -0.1) is 11.3 Å². The number of rotatable bonds is 5. The van der Waals surface area contributed by atoms with Gasteiger partial charge >= 0.3 is 0 Å². The van der Waals surface area contributed by atoms with Gasteiger partial charge in [0.15, 0.2) is 17.5 Å². The van der Waals surface area contributed by atoms with E-state index in [1.807, 2.05) is 60.7 Å². The Morgan fingerprint density at radius 3 is 1.63 bits per heavy atom. The van der Waals surface area contributed by atoms with Crippen molar-refractivity contribution in [1.29, 1.82) is 0 Å². The van der Waals surface area contributed by atoms with Crippen molar-refractivity contribution in [3.8, 4) is 51.0 Å². The highest BCUT2D eigenvalue weighted by Crippen LogP contribution is 2.42. The third-order valence-electron chi connectivity index (χ3n) is 11.1. The summed E-state index contributed by atoms with van der Waals surface area (Å²) in [5.74, 6) is 1.97. The second kappa shape index (κ2) is 12.6. The first kappa shape index (κ1) is 31.9. The molecule has 0 unspecified atom stereocenters. The summed E-state index contributed by atoms with van der Waals surface area (Å²) < 4.78 is 11.3. The molecular formula is C51H30N4OS. The van der Waals surface area contributed by atoms with Crippen LogP contribution in [-0.2, 0) is 0 Å². The molecule has 4 aromatic heterocycles. The molecule has 0 fully saturated rings. The van der Waals surface area contributed by atoms with E-state index in [1.54, 1.807) is 11.3 Å². The lowest BCUT2D eigenvalue weighted by Crippen LogP contribution is -1.99. The molecule has 266 valence electrons. The Morgan fingerprint density at radius 1 is 0.368 bits per heavy atom. The second-order valence-corrected chi connectivity index (χ2v) is 15.5. The van der Waals surface area contributed by atoms with Crippen molar-refractivity contribution in [1.82, 2.24) is 19.5 Å². The molecule has 0 amide bonds. The zero-order chi connectivity index (χ0) is 37.5. The fourth-order valence-corrected chi connectivity index (χ4v) is 9.52. The van der Waals surface area contributed by atoms with Crippen molar-refractivity contribution in [3.05, 3.63) is 182 Å². The van der Waals surface area contributed by atoms with Gasteiger partial charge in [0.25, 0.3) is 0 Å². The Bertz CT molecular complexity index is 3420. The molecule has 0 atom stereocenters. The van der Waals surface area contributed by atoms with Gasteiger partial charge in [-0.2, -0.15) is 0 Å². The molecule has 0 saturated carbocycles. The number of benzene rings is 8. The average Bonchev–Trinajstić information content (AvgIpc) is 3.95. The lowest BCUT2D eigenvalue weighted by atomic mass is 10.00. The van der Waals surface area contributed by atoms with Gasteiger partial charge in [-0.05, 0) is 65.7 Å². The van der Waals surface area contributed by atoms with Crippen molar-refractivity contribution in [2.45, 2.75) is 0 Å². The highest BCUT2D eigenvalue weighted by atomic mass is 32.1. The van der Waals surface area contributed by atoms with E-state index in [2.05, 4.69) is 126 Å². The number of hydrogen-bond acceptors (Lipinski definition) is 5. The SMILES string of the molecule is c1ccc(-c2nc(-c3ccccc3)nc(-c3ccc4c(c3)sc3ccc(-c5ccc6oc7cccc(-n8c9ccccc9c9ccccc98)c7c6c5)cc34)n2)cc1. The smallest absolute Gasteiger partial charge is 0.164 e. The fourth-order valence-electron chi connectivity index (χ4n) is 8.39. The van der Waals surface area contributed by atoms with Gasteiger partial charge in [0.2, 0.25) is 0 Å². The van der Waals surface area contributed by atoms with Gasteiger partial charge in [-0.3, -0.25) is 0 Å². The first-order valence-corrected chi connectivity index (χ1v) is 19.8. The van der Waals surface area contributed by atoms with Crippen LogP contribution in [0.5, 0.6) is 0 Å². The number of thiophene rings is 1. The zero-order valence-corrected chi connectivity index (χ0v) is 31.2. The Balaban J connectivity index is 0.977. The molecule has 57 heavy (non-hydrogen) atoms. The standard InChI is InChI=1S/C51H30N4OS/c1-3-12-31(13-4-1)49-52-50(32-14-5-2-6-15-32)54-51(53-49)35-22-25-38-39-28-34(24-27-46(39)57-47(38)30-35)33-23-26-44-40(29-33)48-43(20-11-21-45(48)56-44)55-41-18-9-7-16-36(41)37-17-8-10-19-42(37)55/h1-30H. The molecule has 12 aromatic rings. The molecule has 0 spiro atoms. The topological polar surface area (TPSA) is 56.7 Å². The van der Waals surface area contributed by atoms with E-state index in [-0.39, 0.29) is 0 Å². The lowest BCUT2D eigenvalue weighted by molar-refractivity contribution is 0.669. The molecule has 0 bridgehead atoms. The molecular weight excluding hydrogens is 717 g/mol. The summed E-state index contributed by atoms with van der Waals surface area (Å²) in [5, 5.41) is 7.13. The van der Waals surface area contributed by atoms with Crippen LogP contribution in [0, 0.1) is 0 Å². The van der Waals surface area contributed by atoms with Crippen LogP contribution in [0.25, 0.3) is 115 Å². The van der Waals surface area contributed by atoms with Crippen molar-refractivity contribution in [2.75, 3.05) is 0 Å². The van der Waals surface area contributed by atoms with Crippen LogP contribution >= 0.6 is 11.3 Å². The number of nitrogens with zero attached hydrogens (tertiary/aromatic N) is 4. The molecule has 8 aromatic carbocycles. The summed E-state index contributed by atoms with van der Waals surface area (Å²) in [6.45, 7) is 0. The maximum absolute atomic E-state index is 6.51. The maximum atomic E-state index is 6.51. The minimum Gasteiger partial charge on any atom is -0.456 e. The normalized spacial score (nSPS) is 11.9. The van der Waals surface area contributed by atoms with E-state index in [4.69, 9.17) is 19.4 Å². The Morgan fingerprint density at radius 2 is 0.947 bits per heavy atom. The van der Waals surface area contributed by atoms with Gasteiger partial charge in [0.1, 0.15) is 11.2 Å².